The molecule has 9 heteroatoms. The summed E-state index contributed by atoms with van der Waals surface area (Å²) in [5, 5.41) is 22.2. The predicted molar refractivity (Wildman–Crippen MR) is 91.6 cm³/mol. The SMILES string of the molecule is COCOc1c(OC)cccc1C(=O)N[C@@H]1CN(C(=O)O)CCC[C@H]1O. The van der Waals surface area contributed by atoms with Crippen LogP contribution in [0, 0.1) is 0 Å². The second-order valence-electron chi connectivity index (χ2n) is 5.91. The van der Waals surface area contributed by atoms with Gasteiger partial charge in [0.25, 0.3) is 5.91 Å². The quantitative estimate of drug-likeness (QED) is 0.639. The number of benzene rings is 1. The largest absolute Gasteiger partial charge is 0.493 e. The van der Waals surface area contributed by atoms with Gasteiger partial charge in [-0.3, -0.25) is 4.79 Å². The Kier molecular flexibility index (Phi) is 7.05. The van der Waals surface area contributed by atoms with Gasteiger partial charge in [0.2, 0.25) is 0 Å². The van der Waals surface area contributed by atoms with Crippen LogP contribution < -0.4 is 14.8 Å². The molecule has 0 radical (unpaired) electrons. The van der Waals surface area contributed by atoms with Gasteiger partial charge < -0.3 is 34.6 Å². The zero-order valence-corrected chi connectivity index (χ0v) is 14.8. The van der Waals surface area contributed by atoms with Crippen molar-refractivity contribution in [3.63, 3.8) is 0 Å². The van der Waals surface area contributed by atoms with Gasteiger partial charge in [0.1, 0.15) is 0 Å². The van der Waals surface area contributed by atoms with Crippen LogP contribution in [0.3, 0.4) is 0 Å². The molecule has 1 aliphatic heterocycles. The van der Waals surface area contributed by atoms with E-state index in [9.17, 15) is 19.8 Å². The summed E-state index contributed by atoms with van der Waals surface area (Å²) in [6, 6.07) is 4.12. The number of carboxylic acid groups (broad SMARTS) is 1. The molecule has 2 amide bonds. The molecular formula is C17H24N2O7. The maximum Gasteiger partial charge on any atom is 0.407 e. The number of para-hydroxylation sites is 1. The Balaban J connectivity index is 2.21. The molecular weight excluding hydrogens is 344 g/mol. The number of ether oxygens (including phenoxy) is 3. The first kappa shape index (κ1) is 19.8. The number of carbonyl (C=O) groups is 2. The Bertz CT molecular complexity index is 638. The Hall–Kier alpha value is -2.52. The van der Waals surface area contributed by atoms with Crippen LogP contribution in [0.2, 0.25) is 0 Å². The zero-order valence-electron chi connectivity index (χ0n) is 14.8. The monoisotopic (exact) mass is 368 g/mol. The van der Waals surface area contributed by atoms with Crippen LogP contribution in [0.5, 0.6) is 11.5 Å². The minimum atomic E-state index is -1.08. The van der Waals surface area contributed by atoms with Crippen LogP contribution in [0.4, 0.5) is 4.79 Å². The molecule has 144 valence electrons. The average molecular weight is 368 g/mol. The zero-order chi connectivity index (χ0) is 19.1. The van der Waals surface area contributed by atoms with E-state index in [4.69, 9.17) is 14.2 Å². The van der Waals surface area contributed by atoms with E-state index < -0.39 is 24.1 Å². The number of aliphatic hydroxyl groups excluding tert-OH is 1. The number of nitrogens with zero attached hydrogens (tertiary/aromatic N) is 1. The molecule has 2 rings (SSSR count). The normalized spacial score (nSPS) is 20.2. The second kappa shape index (κ2) is 9.25. The molecule has 1 aromatic carbocycles. The fraction of sp³-hybridized carbons (Fsp3) is 0.529. The molecule has 0 bridgehead atoms. The third kappa shape index (κ3) is 4.77. The lowest BCUT2D eigenvalue weighted by atomic mass is 10.1. The van der Waals surface area contributed by atoms with Gasteiger partial charge in [-0.2, -0.15) is 0 Å². The van der Waals surface area contributed by atoms with E-state index in [2.05, 4.69) is 5.32 Å². The molecule has 26 heavy (non-hydrogen) atoms. The summed E-state index contributed by atoms with van der Waals surface area (Å²) in [6.07, 6.45) is -0.984. The molecule has 3 N–H and O–H groups in total. The van der Waals surface area contributed by atoms with Gasteiger partial charge in [-0.25, -0.2) is 4.79 Å². The van der Waals surface area contributed by atoms with Crippen molar-refractivity contribution in [1.82, 2.24) is 10.2 Å². The average Bonchev–Trinajstić information content (AvgIpc) is 2.81. The van der Waals surface area contributed by atoms with E-state index in [0.717, 1.165) is 0 Å². The fourth-order valence-corrected chi connectivity index (χ4v) is 2.83. The van der Waals surface area contributed by atoms with Crippen molar-refractivity contribution >= 4 is 12.0 Å². The highest BCUT2D eigenvalue weighted by Crippen LogP contribution is 2.31. The molecule has 1 heterocycles. The van der Waals surface area contributed by atoms with Crippen molar-refractivity contribution < 1.29 is 34.0 Å². The first-order valence-corrected chi connectivity index (χ1v) is 8.23. The lowest BCUT2D eigenvalue weighted by Crippen LogP contribution is -2.49. The summed E-state index contributed by atoms with van der Waals surface area (Å²) in [5.41, 5.74) is 0.208. The van der Waals surface area contributed by atoms with Crippen molar-refractivity contribution in [2.24, 2.45) is 0 Å². The third-order valence-electron chi connectivity index (χ3n) is 4.16. The van der Waals surface area contributed by atoms with Crippen LogP contribution in [-0.2, 0) is 4.74 Å². The molecule has 0 aromatic heterocycles. The number of nitrogens with one attached hydrogen (secondary N) is 1. The van der Waals surface area contributed by atoms with Gasteiger partial charge in [0.15, 0.2) is 18.3 Å². The number of aliphatic hydroxyl groups is 1. The fourth-order valence-electron chi connectivity index (χ4n) is 2.83. The number of hydrogen-bond donors (Lipinski definition) is 3. The van der Waals surface area contributed by atoms with Crippen molar-refractivity contribution in [3.8, 4) is 11.5 Å². The lowest BCUT2D eigenvalue weighted by molar-refractivity contribution is 0.0477. The van der Waals surface area contributed by atoms with E-state index in [-0.39, 0.29) is 24.7 Å². The summed E-state index contributed by atoms with van der Waals surface area (Å²) < 4.78 is 15.6. The highest BCUT2D eigenvalue weighted by atomic mass is 16.7. The Morgan fingerprint density at radius 2 is 2.12 bits per heavy atom. The van der Waals surface area contributed by atoms with Crippen molar-refractivity contribution in [2.75, 3.05) is 34.1 Å². The van der Waals surface area contributed by atoms with Gasteiger partial charge in [0.05, 0.1) is 24.8 Å². The number of hydrogen-bond acceptors (Lipinski definition) is 6. The van der Waals surface area contributed by atoms with Crippen molar-refractivity contribution in [3.05, 3.63) is 23.8 Å². The standard InChI is InChI=1S/C17H24N2O7/c1-24-10-26-15-11(5-3-7-14(15)25-2)16(21)18-12-9-19(17(22)23)8-4-6-13(12)20/h3,5,7,12-13,20H,4,6,8-10H2,1-2H3,(H,18,21)(H,22,23)/t12-,13-/m1/s1. The van der Waals surface area contributed by atoms with Crippen LogP contribution in [-0.4, -0.2) is 73.4 Å². The predicted octanol–water partition coefficient (Wildman–Crippen LogP) is 0.911. The van der Waals surface area contributed by atoms with Gasteiger partial charge in [-0.1, -0.05) is 6.07 Å². The molecule has 0 aliphatic carbocycles. The molecule has 0 saturated carbocycles. The van der Waals surface area contributed by atoms with Crippen LogP contribution in [0.1, 0.15) is 23.2 Å². The van der Waals surface area contributed by atoms with Crippen LogP contribution in [0.25, 0.3) is 0 Å². The first-order chi connectivity index (χ1) is 12.5. The molecule has 0 unspecified atom stereocenters. The summed E-state index contributed by atoms with van der Waals surface area (Å²) in [7, 11) is 2.91. The van der Waals surface area contributed by atoms with Gasteiger partial charge in [-0.15, -0.1) is 0 Å². The maximum absolute atomic E-state index is 12.7. The van der Waals surface area contributed by atoms with Gasteiger partial charge >= 0.3 is 6.09 Å². The first-order valence-electron chi connectivity index (χ1n) is 8.23. The van der Waals surface area contributed by atoms with Crippen molar-refractivity contribution in [1.29, 1.82) is 0 Å². The molecule has 1 fully saturated rings. The van der Waals surface area contributed by atoms with E-state index in [1.165, 1.54) is 19.1 Å². The van der Waals surface area contributed by atoms with Crippen LogP contribution in [0.15, 0.2) is 18.2 Å². The number of methoxy groups -OCH3 is 2. The summed E-state index contributed by atoms with van der Waals surface area (Å²) in [5.74, 6) is 0.0853. The van der Waals surface area contributed by atoms with E-state index >= 15 is 0 Å². The van der Waals surface area contributed by atoms with Gasteiger partial charge in [-0.05, 0) is 25.0 Å². The molecule has 0 spiro atoms. The van der Waals surface area contributed by atoms with E-state index in [1.807, 2.05) is 0 Å². The molecule has 1 aliphatic rings. The Morgan fingerprint density at radius 1 is 1.35 bits per heavy atom. The van der Waals surface area contributed by atoms with E-state index in [1.54, 1.807) is 18.2 Å². The molecule has 2 atom stereocenters. The van der Waals surface area contributed by atoms with E-state index in [0.29, 0.717) is 25.1 Å². The second-order valence-corrected chi connectivity index (χ2v) is 5.91. The summed E-state index contributed by atoms with van der Waals surface area (Å²) in [6.45, 7) is 0.264. The van der Waals surface area contributed by atoms with Crippen molar-refractivity contribution in [2.45, 2.75) is 25.0 Å². The molecule has 1 saturated heterocycles. The Labute approximate surface area is 151 Å². The number of likely N-dealkylation sites (tertiary alicyclic amines) is 1. The lowest BCUT2D eigenvalue weighted by Gasteiger charge is -2.25. The third-order valence-corrected chi connectivity index (χ3v) is 4.16. The minimum absolute atomic E-state index is 0.0144. The highest BCUT2D eigenvalue weighted by Gasteiger charge is 2.30. The summed E-state index contributed by atoms with van der Waals surface area (Å²) >= 11 is 0. The highest BCUT2D eigenvalue weighted by molar-refractivity contribution is 5.98. The topological polar surface area (TPSA) is 118 Å². The number of rotatable bonds is 6. The molecule has 9 nitrogen and oxygen atoms in total. The minimum Gasteiger partial charge on any atom is -0.493 e. The number of carbonyl (C=O) groups excluding carboxylic acids is 1. The Morgan fingerprint density at radius 3 is 2.77 bits per heavy atom. The molecule has 1 aromatic rings. The maximum atomic E-state index is 12.7. The van der Waals surface area contributed by atoms with Gasteiger partial charge in [0, 0.05) is 20.2 Å². The summed E-state index contributed by atoms with van der Waals surface area (Å²) in [4.78, 5) is 25.2. The number of amides is 2. The smallest absolute Gasteiger partial charge is 0.407 e. The van der Waals surface area contributed by atoms with Crippen LogP contribution >= 0.6 is 0 Å².